The number of carbonyl (C=O) groups excluding carboxylic acids is 2. The molecule has 26 heavy (non-hydrogen) atoms. The smallest absolute Gasteiger partial charge is 0.317 e. The summed E-state index contributed by atoms with van der Waals surface area (Å²) in [4.78, 5) is 27.4. The molecule has 1 aliphatic heterocycles. The summed E-state index contributed by atoms with van der Waals surface area (Å²) >= 11 is 1.57. The van der Waals surface area contributed by atoms with Crippen LogP contribution in [0.1, 0.15) is 17.7 Å². The van der Waals surface area contributed by atoms with Crippen molar-refractivity contribution in [2.45, 2.75) is 19.4 Å². The molecule has 0 aliphatic carbocycles. The standard InChI is InChI=1S/C18H19F2N3O2S/c19-15-6-5-13(9-16(15)20)22-17(24)12-3-1-7-23(11-12)18(25)21-10-14-4-2-8-26-14/h2,4-6,8-9,12H,1,3,7,10-11H2,(H,21,25)(H,22,24). The van der Waals surface area contributed by atoms with Gasteiger partial charge in [-0.15, -0.1) is 11.3 Å². The summed E-state index contributed by atoms with van der Waals surface area (Å²) in [6.07, 6.45) is 1.35. The summed E-state index contributed by atoms with van der Waals surface area (Å²) in [5.41, 5.74) is 0.202. The minimum Gasteiger partial charge on any atom is -0.333 e. The second-order valence-electron chi connectivity index (χ2n) is 6.14. The van der Waals surface area contributed by atoms with E-state index in [1.54, 1.807) is 16.2 Å². The first-order valence-electron chi connectivity index (χ1n) is 8.34. The quantitative estimate of drug-likeness (QED) is 0.853. The van der Waals surface area contributed by atoms with E-state index < -0.39 is 11.6 Å². The SMILES string of the molecule is O=C(Nc1ccc(F)c(F)c1)C1CCCN(C(=O)NCc2cccs2)C1. The molecule has 1 atom stereocenters. The van der Waals surface area contributed by atoms with Crippen LogP contribution in [0, 0.1) is 17.6 Å². The molecule has 2 aromatic rings. The lowest BCUT2D eigenvalue weighted by Gasteiger charge is -2.32. The summed E-state index contributed by atoms with van der Waals surface area (Å²) in [5.74, 6) is -2.66. The number of thiophene rings is 1. The molecule has 3 rings (SSSR count). The monoisotopic (exact) mass is 379 g/mol. The number of likely N-dealkylation sites (tertiary alicyclic amines) is 1. The average Bonchev–Trinajstić information content (AvgIpc) is 3.16. The highest BCUT2D eigenvalue weighted by Crippen LogP contribution is 2.20. The summed E-state index contributed by atoms with van der Waals surface area (Å²) < 4.78 is 26.2. The van der Waals surface area contributed by atoms with Gasteiger partial charge in [-0.05, 0) is 36.4 Å². The molecule has 0 spiro atoms. The zero-order valence-corrected chi connectivity index (χ0v) is 14.8. The third-order valence-electron chi connectivity index (χ3n) is 4.26. The minimum atomic E-state index is -1.01. The van der Waals surface area contributed by atoms with E-state index in [4.69, 9.17) is 0 Å². The first-order chi connectivity index (χ1) is 12.5. The predicted molar refractivity (Wildman–Crippen MR) is 95.8 cm³/mol. The second-order valence-corrected chi connectivity index (χ2v) is 7.17. The number of carbonyl (C=O) groups is 2. The Morgan fingerprint density at radius 2 is 2.08 bits per heavy atom. The van der Waals surface area contributed by atoms with Gasteiger partial charge in [-0.3, -0.25) is 4.79 Å². The highest BCUT2D eigenvalue weighted by molar-refractivity contribution is 7.09. The van der Waals surface area contributed by atoms with E-state index >= 15 is 0 Å². The zero-order chi connectivity index (χ0) is 18.5. The van der Waals surface area contributed by atoms with Gasteiger partial charge in [0.1, 0.15) is 0 Å². The van der Waals surface area contributed by atoms with Crippen molar-refractivity contribution in [2.75, 3.05) is 18.4 Å². The number of anilines is 1. The van der Waals surface area contributed by atoms with Crippen LogP contribution >= 0.6 is 11.3 Å². The van der Waals surface area contributed by atoms with Crippen LogP contribution in [0.15, 0.2) is 35.7 Å². The number of amides is 3. The molecule has 5 nitrogen and oxygen atoms in total. The van der Waals surface area contributed by atoms with E-state index in [1.165, 1.54) is 6.07 Å². The van der Waals surface area contributed by atoms with Gasteiger partial charge < -0.3 is 15.5 Å². The number of nitrogens with zero attached hydrogens (tertiary/aromatic N) is 1. The molecular weight excluding hydrogens is 360 g/mol. The maximum Gasteiger partial charge on any atom is 0.317 e. The van der Waals surface area contributed by atoms with Crippen LogP contribution in [0.4, 0.5) is 19.3 Å². The molecule has 3 amide bonds. The molecular formula is C18H19F2N3O2S. The number of piperidine rings is 1. The number of hydrogen-bond acceptors (Lipinski definition) is 3. The molecule has 2 N–H and O–H groups in total. The van der Waals surface area contributed by atoms with Crippen molar-refractivity contribution in [1.29, 1.82) is 0 Å². The molecule has 1 saturated heterocycles. The molecule has 0 saturated carbocycles. The Hall–Kier alpha value is -2.48. The normalized spacial score (nSPS) is 17.0. The van der Waals surface area contributed by atoms with Gasteiger partial charge in [0.05, 0.1) is 12.5 Å². The Kier molecular flexibility index (Phi) is 5.82. The van der Waals surface area contributed by atoms with Crippen molar-refractivity contribution in [3.05, 3.63) is 52.2 Å². The fourth-order valence-corrected chi connectivity index (χ4v) is 3.53. The number of halogens is 2. The van der Waals surface area contributed by atoms with E-state index in [0.29, 0.717) is 32.5 Å². The van der Waals surface area contributed by atoms with E-state index in [0.717, 1.165) is 17.0 Å². The number of rotatable bonds is 4. The van der Waals surface area contributed by atoms with Crippen molar-refractivity contribution in [1.82, 2.24) is 10.2 Å². The Balaban J connectivity index is 1.54. The second kappa shape index (κ2) is 8.27. The molecule has 2 heterocycles. The summed E-state index contributed by atoms with van der Waals surface area (Å²) in [6.45, 7) is 1.34. The van der Waals surface area contributed by atoms with Gasteiger partial charge in [-0.25, -0.2) is 13.6 Å². The molecule has 1 unspecified atom stereocenters. The summed E-state index contributed by atoms with van der Waals surface area (Å²) in [6, 6.07) is 6.89. The van der Waals surface area contributed by atoms with Gasteiger partial charge in [0.25, 0.3) is 0 Å². The Labute approximate surface area is 154 Å². The van der Waals surface area contributed by atoms with Crippen LogP contribution < -0.4 is 10.6 Å². The number of nitrogens with one attached hydrogen (secondary N) is 2. The highest BCUT2D eigenvalue weighted by atomic mass is 32.1. The van der Waals surface area contributed by atoms with Crippen LogP contribution in [0.2, 0.25) is 0 Å². The van der Waals surface area contributed by atoms with Crippen LogP contribution in [0.3, 0.4) is 0 Å². The first kappa shape index (κ1) is 18.3. The lowest BCUT2D eigenvalue weighted by Crippen LogP contribution is -2.47. The van der Waals surface area contributed by atoms with Gasteiger partial charge in [-0.1, -0.05) is 6.07 Å². The predicted octanol–water partition coefficient (Wildman–Crippen LogP) is 3.59. The van der Waals surface area contributed by atoms with Crippen LogP contribution in [0.25, 0.3) is 0 Å². The summed E-state index contributed by atoms with van der Waals surface area (Å²) in [5, 5.41) is 7.39. The van der Waals surface area contributed by atoms with Gasteiger partial charge in [0.15, 0.2) is 11.6 Å². The topological polar surface area (TPSA) is 61.4 Å². The number of benzene rings is 1. The molecule has 1 aromatic heterocycles. The van der Waals surface area contributed by atoms with Crippen LogP contribution in [-0.4, -0.2) is 29.9 Å². The third-order valence-corrected chi connectivity index (χ3v) is 5.14. The number of hydrogen-bond donors (Lipinski definition) is 2. The zero-order valence-electron chi connectivity index (χ0n) is 14.0. The lowest BCUT2D eigenvalue weighted by atomic mass is 9.97. The molecule has 1 aromatic carbocycles. The summed E-state index contributed by atoms with van der Waals surface area (Å²) in [7, 11) is 0. The van der Waals surface area contributed by atoms with Crippen LogP contribution in [-0.2, 0) is 11.3 Å². The maximum atomic E-state index is 13.3. The molecule has 1 aliphatic rings. The van der Waals surface area contributed by atoms with Crippen molar-refractivity contribution >= 4 is 29.0 Å². The lowest BCUT2D eigenvalue weighted by molar-refractivity contribution is -0.121. The van der Waals surface area contributed by atoms with Crippen molar-refractivity contribution in [2.24, 2.45) is 5.92 Å². The Morgan fingerprint density at radius 3 is 2.81 bits per heavy atom. The molecule has 0 radical (unpaired) electrons. The average molecular weight is 379 g/mol. The van der Waals surface area contributed by atoms with Gasteiger partial charge >= 0.3 is 6.03 Å². The highest BCUT2D eigenvalue weighted by Gasteiger charge is 2.28. The Bertz CT molecular complexity index is 783. The van der Waals surface area contributed by atoms with Gasteiger partial charge in [0, 0.05) is 29.7 Å². The molecule has 8 heteroatoms. The fourth-order valence-electron chi connectivity index (χ4n) is 2.88. The van der Waals surface area contributed by atoms with Crippen LogP contribution in [0.5, 0.6) is 0 Å². The molecule has 1 fully saturated rings. The first-order valence-corrected chi connectivity index (χ1v) is 9.22. The van der Waals surface area contributed by atoms with Gasteiger partial charge in [-0.2, -0.15) is 0 Å². The van der Waals surface area contributed by atoms with E-state index in [2.05, 4.69) is 10.6 Å². The minimum absolute atomic E-state index is 0.202. The van der Waals surface area contributed by atoms with Crippen molar-refractivity contribution in [3.8, 4) is 0 Å². The van der Waals surface area contributed by atoms with Crippen molar-refractivity contribution in [3.63, 3.8) is 0 Å². The van der Waals surface area contributed by atoms with E-state index in [9.17, 15) is 18.4 Å². The maximum absolute atomic E-state index is 13.3. The Morgan fingerprint density at radius 1 is 1.23 bits per heavy atom. The fraction of sp³-hybridized carbons (Fsp3) is 0.333. The third kappa shape index (κ3) is 4.57. The van der Waals surface area contributed by atoms with Gasteiger partial charge in [0.2, 0.25) is 5.91 Å². The van der Waals surface area contributed by atoms with E-state index in [-0.39, 0.29) is 23.5 Å². The van der Waals surface area contributed by atoms with Crippen molar-refractivity contribution < 1.29 is 18.4 Å². The van der Waals surface area contributed by atoms with E-state index in [1.807, 2.05) is 17.5 Å². The number of urea groups is 1. The molecule has 0 bridgehead atoms. The molecule has 138 valence electrons. The largest absolute Gasteiger partial charge is 0.333 e.